The van der Waals surface area contributed by atoms with Gasteiger partial charge in [-0.2, -0.15) is 22.0 Å². The third-order valence-electron chi connectivity index (χ3n) is 5.63. The van der Waals surface area contributed by atoms with Crippen LogP contribution in [0.4, 0.5) is 32.0 Å². The lowest BCUT2D eigenvalue weighted by Crippen LogP contribution is -2.54. The minimum absolute atomic E-state index is 0.0997. The van der Waals surface area contributed by atoms with Crippen LogP contribution in [0, 0.1) is 12.4 Å². The van der Waals surface area contributed by atoms with Gasteiger partial charge in [-0.3, -0.25) is 19.6 Å². The minimum atomic E-state index is -5.13. The second-order valence-corrected chi connectivity index (χ2v) is 8.30. The molecule has 0 radical (unpaired) electrons. The average Bonchev–Trinajstić information content (AvgIpc) is 2.87. The zero-order valence-electron chi connectivity index (χ0n) is 19.5. The van der Waals surface area contributed by atoms with Crippen molar-refractivity contribution in [1.82, 2.24) is 20.4 Å². The summed E-state index contributed by atoms with van der Waals surface area (Å²) in [7, 11) is 0. The fourth-order valence-electron chi connectivity index (χ4n) is 3.91. The molecule has 2 N–H and O–H groups in total. The van der Waals surface area contributed by atoms with Crippen LogP contribution in [-0.4, -0.2) is 28.1 Å². The number of hydrazine groups is 1. The molecule has 9 nitrogen and oxygen atoms in total. The van der Waals surface area contributed by atoms with E-state index in [9.17, 15) is 35.9 Å². The van der Waals surface area contributed by atoms with Crippen LogP contribution in [0.25, 0.3) is 4.85 Å². The van der Waals surface area contributed by atoms with Crippen molar-refractivity contribution in [3.63, 3.8) is 0 Å². The highest BCUT2D eigenvalue weighted by atomic mass is 19.4. The molecule has 1 aromatic heterocycles. The maximum absolute atomic E-state index is 13.7. The van der Waals surface area contributed by atoms with E-state index >= 15 is 0 Å². The Kier molecular flexibility index (Phi) is 7.77. The van der Waals surface area contributed by atoms with E-state index in [2.05, 4.69) is 25.4 Å². The predicted octanol–water partition coefficient (Wildman–Crippen LogP) is 4.52. The quantitative estimate of drug-likeness (QED) is 0.330. The molecule has 1 saturated heterocycles. The van der Waals surface area contributed by atoms with Crippen LogP contribution >= 0.6 is 0 Å². The Morgan fingerprint density at radius 3 is 2.46 bits per heavy atom. The third-order valence-corrected chi connectivity index (χ3v) is 5.63. The van der Waals surface area contributed by atoms with Gasteiger partial charge in [-0.25, -0.2) is 19.6 Å². The second kappa shape index (κ2) is 11.0. The van der Waals surface area contributed by atoms with E-state index in [0.29, 0.717) is 11.9 Å². The van der Waals surface area contributed by atoms with Gasteiger partial charge in [-0.1, -0.05) is 12.1 Å². The van der Waals surface area contributed by atoms with Gasteiger partial charge in [-0.15, -0.1) is 0 Å². The summed E-state index contributed by atoms with van der Waals surface area (Å²) in [5, 5.41) is 0. The summed E-state index contributed by atoms with van der Waals surface area (Å²) in [6.07, 6.45) is -4.37. The first kappa shape index (κ1) is 27.5. The molecule has 0 saturated carbocycles. The van der Waals surface area contributed by atoms with Gasteiger partial charge < -0.3 is 9.47 Å². The summed E-state index contributed by atoms with van der Waals surface area (Å²) in [4.78, 5) is 31.8. The number of carbonyl (C=O) groups excluding carboxylic acids is 1. The van der Waals surface area contributed by atoms with Crippen LogP contribution in [0.3, 0.4) is 0 Å². The molecule has 1 amide bonds. The molecular weight excluding hydrogens is 536 g/mol. The van der Waals surface area contributed by atoms with Crippen molar-refractivity contribution < 1.29 is 40.6 Å². The zero-order chi connectivity index (χ0) is 28.3. The topological polar surface area (TPSA) is 98.8 Å². The first-order valence-corrected chi connectivity index (χ1v) is 11.1. The first-order valence-electron chi connectivity index (χ1n) is 11.1. The minimum Gasteiger partial charge on any atom is -0.450 e. The number of hydrogen-bond donors (Lipinski definition) is 2. The molecule has 4 rings (SSSR count). The summed E-state index contributed by atoms with van der Waals surface area (Å²) in [6.45, 7) is 3.52. The molecule has 3 aromatic rings. The maximum atomic E-state index is 13.7. The molecule has 15 heteroatoms. The summed E-state index contributed by atoms with van der Waals surface area (Å²) in [5.41, 5.74) is 2.34. The van der Waals surface area contributed by atoms with Gasteiger partial charge in [0.15, 0.2) is 11.4 Å². The van der Waals surface area contributed by atoms with E-state index in [4.69, 9.17) is 11.3 Å². The Balaban J connectivity index is 1.65. The summed E-state index contributed by atoms with van der Waals surface area (Å²) in [5.74, 6) is -4.04. The van der Waals surface area contributed by atoms with Gasteiger partial charge in [0, 0.05) is 18.7 Å². The molecule has 2 unspecified atom stereocenters. The standard InChI is InChI=1S/C24H17F6N5O4/c1-31-14-6-16(9-17(7-14)39-23(26)27)38-19-20(24(28,29)30)32-11-35(22(19)37)10-15-8-18(21(36)34-33-15)12-2-4-13(25)5-3-12/h2-7,9,11,15,18,23,33H,8,10H2,(H,34,36). The molecule has 0 aliphatic carbocycles. The van der Waals surface area contributed by atoms with E-state index in [1.807, 2.05) is 0 Å². The second-order valence-electron chi connectivity index (χ2n) is 8.30. The lowest BCUT2D eigenvalue weighted by Gasteiger charge is -2.30. The van der Waals surface area contributed by atoms with Gasteiger partial charge in [0.25, 0.3) is 5.56 Å². The van der Waals surface area contributed by atoms with Crippen LogP contribution < -0.4 is 25.9 Å². The molecule has 0 bridgehead atoms. The average molecular weight is 553 g/mol. The Morgan fingerprint density at radius 2 is 1.82 bits per heavy atom. The van der Waals surface area contributed by atoms with E-state index in [0.717, 1.165) is 22.8 Å². The van der Waals surface area contributed by atoms with E-state index in [-0.39, 0.29) is 18.7 Å². The summed E-state index contributed by atoms with van der Waals surface area (Å²) < 4.78 is 89.8. The lowest BCUT2D eigenvalue weighted by atomic mass is 9.90. The Hall–Kier alpha value is -4.58. The number of ether oxygens (including phenoxy) is 2. The number of aromatic nitrogens is 2. The van der Waals surface area contributed by atoms with Crippen LogP contribution in [0.15, 0.2) is 53.6 Å². The molecule has 2 aromatic carbocycles. The molecule has 2 atom stereocenters. The Bertz CT molecular complexity index is 1470. The van der Waals surface area contributed by atoms with E-state index in [1.165, 1.54) is 24.3 Å². The predicted molar refractivity (Wildman–Crippen MR) is 122 cm³/mol. The number of hydrogen-bond acceptors (Lipinski definition) is 6. The number of halogens is 6. The molecular formula is C24H17F6N5O4. The normalized spacial score (nSPS) is 17.4. The van der Waals surface area contributed by atoms with E-state index < -0.39 is 65.0 Å². The van der Waals surface area contributed by atoms with Gasteiger partial charge in [0.05, 0.1) is 18.8 Å². The van der Waals surface area contributed by atoms with Crippen LogP contribution in [0.5, 0.6) is 17.2 Å². The lowest BCUT2D eigenvalue weighted by molar-refractivity contribution is -0.142. The molecule has 2 heterocycles. The van der Waals surface area contributed by atoms with Crippen molar-refractivity contribution in [2.75, 3.05) is 0 Å². The van der Waals surface area contributed by atoms with Crippen LogP contribution in [-0.2, 0) is 17.5 Å². The first-order chi connectivity index (χ1) is 18.4. The van der Waals surface area contributed by atoms with Crippen molar-refractivity contribution in [3.8, 4) is 17.2 Å². The Morgan fingerprint density at radius 1 is 1.13 bits per heavy atom. The smallest absolute Gasteiger partial charge is 0.437 e. The van der Waals surface area contributed by atoms with Crippen molar-refractivity contribution >= 4 is 11.6 Å². The molecule has 1 aliphatic heterocycles. The zero-order valence-corrected chi connectivity index (χ0v) is 19.5. The number of alkyl halides is 5. The van der Waals surface area contributed by atoms with Crippen LogP contribution in [0.1, 0.15) is 23.6 Å². The van der Waals surface area contributed by atoms with Gasteiger partial charge in [-0.05, 0) is 36.2 Å². The van der Waals surface area contributed by atoms with Crippen molar-refractivity contribution in [2.45, 2.75) is 37.7 Å². The number of rotatable bonds is 7. The van der Waals surface area contributed by atoms with Gasteiger partial charge in [0.2, 0.25) is 11.7 Å². The molecule has 204 valence electrons. The largest absolute Gasteiger partial charge is 0.450 e. The molecule has 39 heavy (non-hydrogen) atoms. The number of benzene rings is 2. The number of nitrogens with zero attached hydrogens (tertiary/aromatic N) is 3. The number of carbonyl (C=O) groups is 1. The maximum Gasteiger partial charge on any atom is 0.437 e. The summed E-state index contributed by atoms with van der Waals surface area (Å²) in [6, 6.07) is 7.17. The number of amides is 1. The van der Waals surface area contributed by atoms with Gasteiger partial charge in [0.1, 0.15) is 17.3 Å². The fourth-order valence-corrected chi connectivity index (χ4v) is 3.91. The third kappa shape index (κ3) is 6.47. The highest BCUT2D eigenvalue weighted by molar-refractivity contribution is 5.84. The monoisotopic (exact) mass is 553 g/mol. The summed E-state index contributed by atoms with van der Waals surface area (Å²) >= 11 is 0. The fraction of sp³-hybridized carbons (Fsp3) is 0.250. The highest BCUT2D eigenvalue weighted by Crippen LogP contribution is 2.37. The van der Waals surface area contributed by atoms with Crippen molar-refractivity contribution in [2.24, 2.45) is 0 Å². The Labute approximate surface area is 215 Å². The highest BCUT2D eigenvalue weighted by Gasteiger charge is 2.39. The van der Waals surface area contributed by atoms with Crippen molar-refractivity contribution in [3.05, 3.63) is 87.6 Å². The van der Waals surface area contributed by atoms with E-state index in [1.54, 1.807) is 0 Å². The molecule has 0 spiro atoms. The number of nitrogens with one attached hydrogen (secondary N) is 2. The van der Waals surface area contributed by atoms with Crippen LogP contribution in [0.2, 0.25) is 0 Å². The van der Waals surface area contributed by atoms with Gasteiger partial charge >= 0.3 is 12.8 Å². The van der Waals surface area contributed by atoms with Crippen molar-refractivity contribution in [1.29, 1.82) is 0 Å². The molecule has 1 aliphatic rings. The molecule has 1 fully saturated rings. The SMILES string of the molecule is [C-]#[N+]c1cc(Oc2c(C(F)(F)F)ncn(CC3CC(c4ccc(F)cc4)C(=O)NN3)c2=O)cc(OC(F)F)c1.